The van der Waals surface area contributed by atoms with Crippen LogP contribution in [0.25, 0.3) is 0 Å². The Morgan fingerprint density at radius 2 is 0.575 bits per heavy atom. The second-order valence-electron chi connectivity index (χ2n) is 16.4. The predicted octanol–water partition coefficient (Wildman–Crippen LogP) is 11.6. The third-order valence-corrected chi connectivity index (χ3v) is 18.1. The number of hydrogen-bond donors (Lipinski definition) is 0. The van der Waals surface area contributed by atoms with Gasteiger partial charge in [0.1, 0.15) is 35.2 Å². The summed E-state index contributed by atoms with van der Waals surface area (Å²) in [6.45, 7) is 3.13. The molecule has 0 fully saturated rings. The fraction of sp³-hybridized carbons (Fsp3) is 0.111. The van der Waals surface area contributed by atoms with Gasteiger partial charge in [-0.25, -0.2) is 70.2 Å². The summed E-state index contributed by atoms with van der Waals surface area (Å²) in [6, 6.07) is 39.6. The van der Waals surface area contributed by atoms with Gasteiger partial charge in [0.15, 0.2) is 69.8 Å². The van der Waals surface area contributed by atoms with Crippen LogP contribution in [0.15, 0.2) is 115 Å². The Morgan fingerprint density at radius 1 is 0.300 bits per heavy atom. The van der Waals surface area contributed by atoms with Gasteiger partial charge in [-0.05, 0) is 12.1 Å². The van der Waals surface area contributed by atoms with Crippen LogP contribution < -0.4 is 44.7 Å². The summed E-state index contributed by atoms with van der Waals surface area (Å²) in [5.41, 5.74) is -10.7. The van der Waals surface area contributed by atoms with Crippen LogP contribution in [0.5, 0.6) is 11.5 Å². The average molecular weight is 1280 g/mol. The summed E-state index contributed by atoms with van der Waals surface area (Å²) >= 11 is 20.8. The molecule has 0 bridgehead atoms. The van der Waals surface area contributed by atoms with Crippen molar-refractivity contribution in [3.63, 3.8) is 0 Å². The molecule has 0 amide bonds. The Balaban J connectivity index is 0.000000238. The van der Waals surface area contributed by atoms with Crippen molar-refractivity contribution in [1.29, 1.82) is 0 Å². The number of hydrogen-bond acceptors (Lipinski definition) is 4. The molecule has 0 aliphatic heterocycles. The van der Waals surface area contributed by atoms with Gasteiger partial charge in [0.2, 0.25) is 0 Å². The van der Waals surface area contributed by atoms with E-state index in [9.17, 15) is 52.7 Å². The quantitative estimate of drug-likeness (QED) is 0.0282. The Hall–Kier alpha value is -6.10. The summed E-state index contributed by atoms with van der Waals surface area (Å²) in [5, 5.41) is -9.69. The molecular weight excluding hydrogens is 1250 g/mol. The third kappa shape index (κ3) is 12.0. The van der Waals surface area contributed by atoms with Crippen molar-refractivity contribution < 1.29 is 89.2 Å². The molecule has 0 aliphatic carbocycles. The number of para-hydroxylation sites is 2. The van der Waals surface area contributed by atoms with Gasteiger partial charge >= 0.3 is 177 Å². The molecule has 8 aromatic carbocycles. The van der Waals surface area contributed by atoms with Crippen molar-refractivity contribution in [3.05, 3.63) is 228 Å². The number of ether oxygens (including phenoxy) is 4. The van der Waals surface area contributed by atoms with Crippen molar-refractivity contribution >= 4 is 102 Å². The van der Waals surface area contributed by atoms with Gasteiger partial charge in [-0.1, -0.05) is 64.6 Å². The SMILES string of the molecule is Fc1c(F)c(F)c([B-](c2c(F)c(F)c(F)c(F)c2Cl)(c2c(F)c(F)c(F)c(F)c2Cl)c2c(F)c(F)c(F)c(F)c2Cl)c(Cl)c1F.c1ccc(OCCOCCOCCOc2ccccc2[Se+](c2ccccc2)c2ccccc2)cc1. The third-order valence-electron chi connectivity index (χ3n) is 11.8. The molecule has 0 saturated heterocycles. The molecule has 8 rings (SSSR count). The van der Waals surface area contributed by atoms with Crippen molar-refractivity contribution in [3.8, 4) is 11.5 Å². The second-order valence-corrected chi connectivity index (χ2v) is 22.1. The van der Waals surface area contributed by atoms with Crippen LogP contribution in [0.1, 0.15) is 0 Å². The van der Waals surface area contributed by atoms with Gasteiger partial charge in [-0.2, -0.15) is 0 Å². The van der Waals surface area contributed by atoms with E-state index in [2.05, 4.69) is 78.9 Å². The van der Waals surface area contributed by atoms with E-state index < -0.39 is 155 Å². The zero-order chi connectivity index (χ0) is 58.3. The van der Waals surface area contributed by atoms with E-state index in [0.29, 0.717) is 39.6 Å². The first-order valence-corrected chi connectivity index (χ1v) is 26.8. The largest absolute Gasteiger partial charge is 0.0586 e. The van der Waals surface area contributed by atoms with Gasteiger partial charge in [0.05, 0.1) is 0 Å². The molecule has 0 atom stereocenters. The molecule has 0 saturated carbocycles. The molecule has 420 valence electrons. The van der Waals surface area contributed by atoms with Crippen LogP contribution in [0, 0.1) is 93.1 Å². The normalized spacial score (nSPS) is 11.5. The molecule has 80 heavy (non-hydrogen) atoms. The van der Waals surface area contributed by atoms with Crippen molar-refractivity contribution in [2.75, 3.05) is 39.6 Å². The molecule has 0 radical (unpaired) electrons. The maximum atomic E-state index is 15.8. The van der Waals surface area contributed by atoms with Crippen molar-refractivity contribution in [2.45, 2.75) is 0 Å². The van der Waals surface area contributed by atoms with Gasteiger partial charge < -0.3 is 0 Å². The summed E-state index contributed by atoms with van der Waals surface area (Å²) in [4.78, 5) is 0. The Bertz CT molecular complexity index is 3120. The van der Waals surface area contributed by atoms with E-state index in [0.717, 1.165) is 11.5 Å². The Morgan fingerprint density at radius 3 is 0.925 bits per heavy atom. The zero-order valence-electron chi connectivity index (χ0n) is 39.9. The van der Waals surface area contributed by atoms with Crippen molar-refractivity contribution in [1.82, 2.24) is 0 Å². The second kappa shape index (κ2) is 26.7. The maximum absolute atomic E-state index is 15.8. The van der Waals surface area contributed by atoms with Crippen LogP contribution in [-0.4, -0.2) is 59.7 Å². The molecule has 0 spiro atoms. The molecule has 0 heterocycles. The molecule has 0 aromatic heterocycles. The molecule has 0 N–H and O–H groups in total. The number of benzene rings is 8. The van der Waals surface area contributed by atoms with Crippen LogP contribution in [0.3, 0.4) is 0 Å². The van der Waals surface area contributed by atoms with E-state index in [4.69, 9.17) is 65.4 Å². The van der Waals surface area contributed by atoms with Crippen LogP contribution >= 0.6 is 46.4 Å². The van der Waals surface area contributed by atoms with E-state index in [1.54, 1.807) is 0 Å². The topological polar surface area (TPSA) is 36.9 Å². The first-order chi connectivity index (χ1) is 38.1. The number of rotatable bonds is 18. The van der Waals surface area contributed by atoms with E-state index in [1.807, 2.05) is 36.4 Å². The monoisotopic (exact) mass is 1280 g/mol. The van der Waals surface area contributed by atoms with Gasteiger partial charge in [0.25, 0.3) is 0 Å². The Labute approximate surface area is 468 Å². The summed E-state index contributed by atoms with van der Waals surface area (Å²) in [6.07, 6.45) is -6.24. The first-order valence-electron chi connectivity index (χ1n) is 22.7. The molecule has 0 aliphatic rings. The minimum absolute atomic E-state index is 0.497. The van der Waals surface area contributed by atoms with Gasteiger partial charge in [-0.3, -0.25) is 0 Å². The van der Waals surface area contributed by atoms with Crippen molar-refractivity contribution in [2.24, 2.45) is 0 Å². The summed E-state index contributed by atoms with van der Waals surface area (Å²) in [7, 11) is 0. The van der Waals surface area contributed by atoms with E-state index >= 15 is 17.6 Å². The van der Waals surface area contributed by atoms with Crippen LogP contribution in [-0.2, 0) is 9.47 Å². The minimum Gasteiger partial charge on any atom is -0.0586 e. The van der Waals surface area contributed by atoms with E-state index in [-0.39, 0.29) is 0 Å². The van der Waals surface area contributed by atoms with E-state index in [1.165, 1.54) is 13.4 Å². The fourth-order valence-corrected chi connectivity index (χ4v) is 14.3. The molecule has 8 aromatic rings. The first kappa shape index (κ1) is 61.5. The molecule has 26 heteroatoms. The zero-order valence-corrected chi connectivity index (χ0v) is 44.6. The smallest absolute Gasteiger partial charge is 0.0200 e. The van der Waals surface area contributed by atoms with Crippen LogP contribution in [0.4, 0.5) is 70.2 Å². The predicted molar refractivity (Wildman–Crippen MR) is 272 cm³/mol. The van der Waals surface area contributed by atoms with Gasteiger partial charge in [-0.15, -0.1) is 21.9 Å². The Kier molecular flexibility index (Phi) is 20.5. The minimum atomic E-state index is -6.24. The number of halogens is 20. The van der Waals surface area contributed by atoms with Crippen LogP contribution in [0.2, 0.25) is 20.1 Å². The molecular formula is C54H31BCl4F16O4Se. The standard InChI is InChI=1S/C30H31O4Se.C24BCl4F16/c1-4-12-26(13-5-1)33-24-22-31-20-21-32-23-25-34-29-18-10-11-19-30(29)35(27-14-6-2-7-15-27)28-16-8-3-9-17-28;26-5-1(9(30)17(38)21(42)13(5)34)25(2-6(27)14(35)22(43)18(39)10(2)31,3-7(28)15(36)23(44)19(40)11(3)32)4-8(29)16(37)24(45)20(41)12(4)33/h1-19H,20-25H2;/q+1;-1. The fourth-order valence-electron chi connectivity index (χ4n) is 8.38. The average Bonchev–Trinajstić information content (AvgIpc) is 3.47. The summed E-state index contributed by atoms with van der Waals surface area (Å²) in [5.74, 6) is -46.5. The molecule has 4 nitrogen and oxygen atoms in total. The summed E-state index contributed by atoms with van der Waals surface area (Å²) < 4.78 is 265. The maximum Gasteiger partial charge on any atom is -0.0200 e. The molecule has 0 unspecified atom stereocenters. The van der Waals surface area contributed by atoms with Gasteiger partial charge in [0, 0.05) is 20.1 Å².